The van der Waals surface area contributed by atoms with Crippen molar-refractivity contribution >= 4 is 22.6 Å². The second kappa shape index (κ2) is 10.3. The van der Waals surface area contributed by atoms with Crippen molar-refractivity contribution in [3.05, 3.63) is 35.4 Å². The van der Waals surface area contributed by atoms with E-state index in [-0.39, 0.29) is 23.2 Å². The molecule has 0 aliphatic heterocycles. The third-order valence-corrected chi connectivity index (χ3v) is 4.89. The van der Waals surface area contributed by atoms with Crippen LogP contribution in [0.4, 0.5) is 0 Å². The van der Waals surface area contributed by atoms with Crippen LogP contribution in [0.15, 0.2) is 29.4 Å². The predicted octanol–water partition coefficient (Wildman–Crippen LogP) is -0.248. The number of halogens is 1. The van der Waals surface area contributed by atoms with Gasteiger partial charge in [-0.2, -0.15) is 5.26 Å². The third kappa shape index (κ3) is 6.22. The van der Waals surface area contributed by atoms with Crippen LogP contribution in [-0.2, 0) is 0 Å². The predicted molar refractivity (Wildman–Crippen MR) is 89.3 cm³/mol. The van der Waals surface area contributed by atoms with E-state index < -0.39 is 0 Å². The Morgan fingerprint density at radius 1 is 1.30 bits per heavy atom. The van der Waals surface area contributed by atoms with Crippen molar-refractivity contribution in [2.45, 2.75) is 13.8 Å². The summed E-state index contributed by atoms with van der Waals surface area (Å²) in [5.41, 5.74) is 0.910. The average Bonchev–Trinajstić information content (AvgIpc) is 2.58. The maximum Gasteiger partial charge on any atom is 0.221 e. The zero-order valence-electron chi connectivity index (χ0n) is 13.6. The van der Waals surface area contributed by atoms with Gasteiger partial charge in [-0.15, -0.1) is 0 Å². The quantitative estimate of drug-likeness (QED) is 0.183. The van der Waals surface area contributed by atoms with Gasteiger partial charge in [-0.25, -0.2) is 0 Å². The van der Waals surface area contributed by atoms with Gasteiger partial charge in [-0.05, 0) is 38.1 Å². The van der Waals surface area contributed by atoms with Crippen molar-refractivity contribution in [2.75, 3.05) is 32.4 Å². The van der Waals surface area contributed by atoms with Gasteiger partial charge in [-0.1, -0.05) is 16.9 Å². The Hall–Kier alpha value is -1.55. The van der Waals surface area contributed by atoms with Gasteiger partial charge in [0.1, 0.15) is 0 Å². The summed E-state index contributed by atoms with van der Waals surface area (Å²) >= 11 is 1.26. The monoisotopic (exact) mass is 355 g/mol. The van der Waals surface area contributed by atoms with E-state index in [4.69, 9.17) is 10.5 Å². The number of rotatable bonds is 7. The van der Waals surface area contributed by atoms with Crippen LogP contribution in [-0.4, -0.2) is 53.0 Å². The summed E-state index contributed by atoms with van der Waals surface area (Å²) < 4.78 is 0.913. The first-order chi connectivity index (χ1) is 10.5. The minimum Gasteiger partial charge on any atom is -1.00 e. The highest BCUT2D eigenvalue weighted by Gasteiger charge is 2.20. The lowest BCUT2D eigenvalue weighted by Gasteiger charge is -2.31. The Kier molecular flexibility index (Phi) is 9.58. The lowest BCUT2D eigenvalue weighted by Crippen LogP contribution is -3.00. The SMILES string of the molecule is CC[N+](C)(CC)CCS/C(=N\O)C(=O)c1ccc(C#N)cc1.[Cl-]. The summed E-state index contributed by atoms with van der Waals surface area (Å²) in [5, 5.41) is 21.1. The minimum absolute atomic E-state index is 0. The molecule has 0 amide bonds. The third-order valence-electron chi connectivity index (χ3n) is 3.96. The standard InChI is InChI=1S/C16H21N3O2S.ClH/c1-4-19(3,5-2)10-11-22-16(18-21)15(20)14-8-6-13(12-17)7-9-14;/h6-9H,4-5,10-11H2,1-3H3;1H. The van der Waals surface area contributed by atoms with Gasteiger partial charge in [-0.3, -0.25) is 4.79 Å². The van der Waals surface area contributed by atoms with E-state index in [9.17, 15) is 4.79 Å². The summed E-state index contributed by atoms with van der Waals surface area (Å²) in [7, 11) is 2.17. The summed E-state index contributed by atoms with van der Waals surface area (Å²) in [6, 6.07) is 8.31. The van der Waals surface area contributed by atoms with Crippen LogP contribution >= 0.6 is 11.8 Å². The minimum atomic E-state index is -0.320. The van der Waals surface area contributed by atoms with Gasteiger partial charge in [0.2, 0.25) is 5.78 Å². The molecule has 5 nitrogen and oxygen atoms in total. The fraction of sp³-hybridized carbons (Fsp3) is 0.438. The lowest BCUT2D eigenvalue weighted by atomic mass is 10.1. The second-order valence-corrected chi connectivity index (χ2v) is 6.33. The van der Waals surface area contributed by atoms with Crippen molar-refractivity contribution in [2.24, 2.45) is 5.16 Å². The Morgan fingerprint density at radius 3 is 2.30 bits per heavy atom. The maximum absolute atomic E-state index is 12.3. The number of quaternary nitrogens is 1. The van der Waals surface area contributed by atoms with Gasteiger partial charge in [0.25, 0.3) is 0 Å². The molecule has 0 fully saturated rings. The number of benzene rings is 1. The maximum atomic E-state index is 12.3. The number of oxime groups is 1. The summed E-state index contributed by atoms with van der Waals surface area (Å²) in [5.74, 6) is 0.388. The first-order valence-electron chi connectivity index (χ1n) is 7.23. The van der Waals surface area contributed by atoms with Crippen molar-refractivity contribution in [3.63, 3.8) is 0 Å². The fourth-order valence-electron chi connectivity index (χ4n) is 1.86. The highest BCUT2D eigenvalue weighted by Crippen LogP contribution is 2.14. The number of ketones is 1. The van der Waals surface area contributed by atoms with E-state index in [1.54, 1.807) is 24.3 Å². The van der Waals surface area contributed by atoms with Gasteiger partial charge in [0.15, 0.2) is 5.04 Å². The van der Waals surface area contributed by atoms with E-state index in [0.717, 1.165) is 24.1 Å². The topological polar surface area (TPSA) is 73.5 Å². The summed E-state index contributed by atoms with van der Waals surface area (Å²) in [4.78, 5) is 12.3. The van der Waals surface area contributed by atoms with Crippen molar-refractivity contribution in [3.8, 4) is 6.07 Å². The van der Waals surface area contributed by atoms with Gasteiger partial charge in [0.05, 0.1) is 38.3 Å². The van der Waals surface area contributed by atoms with Gasteiger partial charge >= 0.3 is 0 Å². The van der Waals surface area contributed by atoms with Gasteiger partial charge < -0.3 is 22.1 Å². The number of thioether (sulfide) groups is 1. The fourth-order valence-corrected chi connectivity index (χ4v) is 2.89. The molecule has 0 spiro atoms. The van der Waals surface area contributed by atoms with Crippen LogP contribution in [0.25, 0.3) is 0 Å². The van der Waals surface area contributed by atoms with Crippen molar-refractivity contribution in [1.82, 2.24) is 0 Å². The van der Waals surface area contributed by atoms with Crippen LogP contribution in [0.5, 0.6) is 0 Å². The molecule has 126 valence electrons. The van der Waals surface area contributed by atoms with Crippen LogP contribution in [0.2, 0.25) is 0 Å². The Balaban J connectivity index is 0.00000484. The number of hydrogen-bond acceptors (Lipinski definition) is 5. The molecular weight excluding hydrogens is 334 g/mol. The molecule has 1 aromatic rings. The van der Waals surface area contributed by atoms with Gasteiger partial charge in [0, 0.05) is 11.3 Å². The Morgan fingerprint density at radius 2 is 1.87 bits per heavy atom. The number of hydrogen-bond donors (Lipinski definition) is 1. The number of nitrogens with zero attached hydrogens (tertiary/aromatic N) is 3. The zero-order valence-corrected chi connectivity index (χ0v) is 15.2. The largest absolute Gasteiger partial charge is 1.00 e. The van der Waals surface area contributed by atoms with E-state index in [2.05, 4.69) is 26.1 Å². The number of nitriles is 1. The van der Waals surface area contributed by atoms with Crippen LogP contribution < -0.4 is 12.4 Å². The van der Waals surface area contributed by atoms with Crippen LogP contribution in [0.3, 0.4) is 0 Å². The number of Topliss-reactive ketones (excluding diaryl/α,β-unsaturated/α-hetero) is 1. The molecule has 0 aliphatic rings. The first kappa shape index (κ1) is 21.4. The zero-order chi connectivity index (χ0) is 16.6. The van der Waals surface area contributed by atoms with E-state index in [0.29, 0.717) is 16.9 Å². The molecule has 0 radical (unpaired) electrons. The molecule has 0 saturated carbocycles. The molecule has 23 heavy (non-hydrogen) atoms. The summed E-state index contributed by atoms with van der Waals surface area (Å²) in [6.07, 6.45) is 0. The Labute approximate surface area is 148 Å². The molecule has 0 bridgehead atoms. The van der Waals surface area contributed by atoms with E-state index >= 15 is 0 Å². The highest BCUT2D eigenvalue weighted by atomic mass is 35.5. The number of carbonyl (C=O) groups is 1. The normalized spacial score (nSPS) is 11.5. The molecule has 0 aliphatic carbocycles. The molecule has 1 aromatic carbocycles. The molecule has 1 N–H and O–H groups in total. The molecule has 0 saturated heterocycles. The second-order valence-electron chi connectivity index (χ2n) is 5.25. The molecule has 7 heteroatoms. The van der Waals surface area contributed by atoms with Crippen LogP contribution in [0, 0.1) is 11.3 Å². The molecule has 0 aromatic heterocycles. The summed E-state index contributed by atoms with van der Waals surface area (Å²) in [6.45, 7) is 7.21. The highest BCUT2D eigenvalue weighted by molar-refractivity contribution is 8.15. The molecular formula is C16H22ClN3O2S. The molecule has 0 unspecified atom stereocenters. The van der Waals surface area contributed by atoms with Crippen molar-refractivity contribution < 1.29 is 26.9 Å². The number of carbonyl (C=O) groups excluding carboxylic acids is 1. The van der Waals surface area contributed by atoms with E-state index in [1.165, 1.54) is 11.8 Å². The van der Waals surface area contributed by atoms with Crippen molar-refractivity contribution in [1.29, 1.82) is 5.26 Å². The average molecular weight is 356 g/mol. The first-order valence-corrected chi connectivity index (χ1v) is 8.21. The molecule has 0 heterocycles. The smallest absolute Gasteiger partial charge is 0.221 e. The van der Waals surface area contributed by atoms with E-state index in [1.807, 2.05) is 6.07 Å². The molecule has 0 atom stereocenters. The molecule has 1 rings (SSSR count). The van der Waals surface area contributed by atoms with Crippen LogP contribution in [0.1, 0.15) is 29.8 Å². The Bertz CT molecular complexity index is 578. The lowest BCUT2D eigenvalue weighted by molar-refractivity contribution is -0.903.